The number of nitrogens with zero attached hydrogens (tertiary/aromatic N) is 3. The maximum Gasteiger partial charge on any atom is 0.254 e. The normalized spacial score (nSPS) is 14.5. The van der Waals surface area contributed by atoms with E-state index in [1.807, 2.05) is 24.3 Å². The molecular weight excluding hydrogens is 310 g/mol. The fourth-order valence-corrected chi connectivity index (χ4v) is 2.61. The molecule has 0 atom stereocenters. The highest BCUT2D eigenvalue weighted by molar-refractivity contribution is 5.76. The van der Waals surface area contributed by atoms with Crippen LogP contribution < -0.4 is 10.3 Å². The van der Waals surface area contributed by atoms with E-state index < -0.39 is 0 Å². The number of hydrogen-bond acceptors (Lipinski definition) is 5. The van der Waals surface area contributed by atoms with Gasteiger partial charge in [-0.3, -0.25) is 14.2 Å². The first-order valence-electron chi connectivity index (χ1n) is 7.74. The Labute approximate surface area is 139 Å². The van der Waals surface area contributed by atoms with Gasteiger partial charge in [-0.25, -0.2) is 4.98 Å². The SMILES string of the molecule is COc1ccccc1-c1cc(=O)n(CC(=O)N2CCOCC2)cn1. The number of benzene rings is 1. The zero-order valence-corrected chi connectivity index (χ0v) is 13.5. The topological polar surface area (TPSA) is 73.7 Å². The number of aromatic nitrogens is 2. The second-order valence-electron chi connectivity index (χ2n) is 5.43. The van der Waals surface area contributed by atoms with Gasteiger partial charge in [-0.05, 0) is 12.1 Å². The molecule has 1 saturated heterocycles. The van der Waals surface area contributed by atoms with Crippen LogP contribution in [-0.4, -0.2) is 53.8 Å². The Morgan fingerprint density at radius 1 is 1.29 bits per heavy atom. The number of ether oxygens (including phenoxy) is 2. The van der Waals surface area contributed by atoms with Crippen LogP contribution in [0.2, 0.25) is 0 Å². The third kappa shape index (κ3) is 3.46. The molecule has 126 valence electrons. The van der Waals surface area contributed by atoms with Gasteiger partial charge in [-0.15, -0.1) is 0 Å². The van der Waals surface area contributed by atoms with Crippen molar-refractivity contribution in [1.29, 1.82) is 0 Å². The molecule has 3 rings (SSSR count). The van der Waals surface area contributed by atoms with Crippen molar-refractivity contribution in [2.75, 3.05) is 33.4 Å². The highest BCUT2D eigenvalue weighted by atomic mass is 16.5. The van der Waals surface area contributed by atoms with Crippen LogP contribution in [0.15, 0.2) is 41.5 Å². The first kappa shape index (κ1) is 16.2. The second-order valence-corrected chi connectivity index (χ2v) is 5.43. The molecule has 0 radical (unpaired) electrons. The summed E-state index contributed by atoms with van der Waals surface area (Å²) >= 11 is 0. The Morgan fingerprint density at radius 3 is 2.75 bits per heavy atom. The van der Waals surface area contributed by atoms with Gasteiger partial charge in [0.15, 0.2) is 0 Å². The van der Waals surface area contributed by atoms with Crippen molar-refractivity contribution in [3.63, 3.8) is 0 Å². The zero-order valence-electron chi connectivity index (χ0n) is 13.5. The highest BCUT2D eigenvalue weighted by Crippen LogP contribution is 2.26. The van der Waals surface area contributed by atoms with Crippen LogP contribution in [0.5, 0.6) is 5.75 Å². The molecule has 1 aromatic carbocycles. The lowest BCUT2D eigenvalue weighted by atomic mass is 10.1. The van der Waals surface area contributed by atoms with Gasteiger partial charge >= 0.3 is 0 Å². The molecule has 0 bridgehead atoms. The van der Waals surface area contributed by atoms with Crippen molar-refractivity contribution in [3.05, 3.63) is 47.0 Å². The summed E-state index contributed by atoms with van der Waals surface area (Å²) in [6, 6.07) is 8.77. The van der Waals surface area contributed by atoms with Crippen LogP contribution in [0, 0.1) is 0 Å². The van der Waals surface area contributed by atoms with Crippen molar-refractivity contribution in [1.82, 2.24) is 14.5 Å². The van der Waals surface area contributed by atoms with Crippen LogP contribution in [0.25, 0.3) is 11.3 Å². The minimum Gasteiger partial charge on any atom is -0.496 e. The third-order valence-corrected chi connectivity index (χ3v) is 3.93. The minimum absolute atomic E-state index is 0.0158. The van der Waals surface area contributed by atoms with Gasteiger partial charge in [0.2, 0.25) is 5.91 Å². The number of amides is 1. The third-order valence-electron chi connectivity index (χ3n) is 3.93. The average molecular weight is 329 g/mol. The lowest BCUT2D eigenvalue weighted by Gasteiger charge is -2.27. The lowest BCUT2D eigenvalue weighted by Crippen LogP contribution is -2.43. The quantitative estimate of drug-likeness (QED) is 0.829. The summed E-state index contributed by atoms with van der Waals surface area (Å²) in [5.41, 5.74) is 0.990. The molecule has 2 heterocycles. The zero-order chi connectivity index (χ0) is 16.9. The standard InChI is InChI=1S/C17H19N3O4/c1-23-15-5-3-2-4-13(15)14-10-16(21)20(12-18-14)11-17(22)19-6-8-24-9-7-19/h2-5,10,12H,6-9,11H2,1H3. The fourth-order valence-electron chi connectivity index (χ4n) is 2.61. The molecule has 7 heteroatoms. The van der Waals surface area contributed by atoms with E-state index in [0.717, 1.165) is 5.56 Å². The Bertz CT molecular complexity index is 781. The molecule has 1 aromatic heterocycles. The molecule has 1 amide bonds. The number of para-hydroxylation sites is 1. The van der Waals surface area contributed by atoms with Crippen molar-refractivity contribution >= 4 is 5.91 Å². The van der Waals surface area contributed by atoms with Gasteiger partial charge in [0.25, 0.3) is 5.56 Å². The lowest BCUT2D eigenvalue weighted by molar-refractivity contribution is -0.135. The van der Waals surface area contributed by atoms with E-state index in [2.05, 4.69) is 4.98 Å². The van der Waals surface area contributed by atoms with Crippen molar-refractivity contribution in [3.8, 4) is 17.0 Å². The number of carbonyl (C=O) groups excluding carboxylic acids is 1. The molecule has 0 spiro atoms. The smallest absolute Gasteiger partial charge is 0.254 e. The summed E-state index contributed by atoms with van der Waals surface area (Å²) in [5.74, 6) is 0.541. The van der Waals surface area contributed by atoms with Crippen LogP contribution >= 0.6 is 0 Å². The Balaban J connectivity index is 1.80. The van der Waals surface area contributed by atoms with E-state index in [4.69, 9.17) is 9.47 Å². The van der Waals surface area contributed by atoms with E-state index in [1.165, 1.54) is 17.0 Å². The fraction of sp³-hybridized carbons (Fsp3) is 0.353. The van der Waals surface area contributed by atoms with Crippen LogP contribution in [0.1, 0.15) is 0 Å². The molecule has 7 nitrogen and oxygen atoms in total. The molecule has 2 aromatic rings. The summed E-state index contributed by atoms with van der Waals surface area (Å²) < 4.78 is 11.8. The van der Waals surface area contributed by atoms with Crippen LogP contribution in [0.4, 0.5) is 0 Å². The summed E-state index contributed by atoms with van der Waals surface area (Å²) in [4.78, 5) is 30.6. The first-order valence-corrected chi connectivity index (χ1v) is 7.74. The Morgan fingerprint density at radius 2 is 2.04 bits per heavy atom. The van der Waals surface area contributed by atoms with E-state index in [-0.39, 0.29) is 18.0 Å². The van der Waals surface area contributed by atoms with Gasteiger partial charge in [0.05, 0.1) is 32.3 Å². The molecule has 1 fully saturated rings. The van der Waals surface area contributed by atoms with Crippen LogP contribution in [-0.2, 0) is 16.1 Å². The second kappa shape index (κ2) is 7.27. The Kier molecular flexibility index (Phi) is 4.90. The van der Waals surface area contributed by atoms with Gasteiger partial charge in [-0.2, -0.15) is 0 Å². The van der Waals surface area contributed by atoms with E-state index in [1.54, 1.807) is 12.0 Å². The number of methoxy groups -OCH3 is 1. The summed E-state index contributed by atoms with van der Waals surface area (Å²) in [6.07, 6.45) is 1.41. The van der Waals surface area contributed by atoms with E-state index in [0.29, 0.717) is 37.7 Å². The number of carbonyl (C=O) groups is 1. The highest BCUT2D eigenvalue weighted by Gasteiger charge is 2.18. The molecule has 0 aliphatic carbocycles. The van der Waals surface area contributed by atoms with Crippen molar-refractivity contribution in [2.45, 2.75) is 6.54 Å². The molecular formula is C17H19N3O4. The largest absolute Gasteiger partial charge is 0.496 e. The van der Waals surface area contributed by atoms with E-state index in [9.17, 15) is 9.59 Å². The molecule has 1 aliphatic heterocycles. The molecule has 0 unspecified atom stereocenters. The molecule has 1 aliphatic rings. The van der Waals surface area contributed by atoms with E-state index >= 15 is 0 Å². The monoisotopic (exact) mass is 329 g/mol. The summed E-state index contributed by atoms with van der Waals surface area (Å²) in [5, 5.41) is 0. The molecule has 0 N–H and O–H groups in total. The maximum atomic E-state index is 12.3. The minimum atomic E-state index is -0.271. The molecule has 24 heavy (non-hydrogen) atoms. The molecule has 0 saturated carbocycles. The Hall–Kier alpha value is -2.67. The summed E-state index contributed by atoms with van der Waals surface area (Å²) in [6.45, 7) is 2.16. The van der Waals surface area contributed by atoms with Crippen molar-refractivity contribution < 1.29 is 14.3 Å². The first-order chi connectivity index (χ1) is 11.7. The summed E-state index contributed by atoms with van der Waals surface area (Å²) in [7, 11) is 1.57. The maximum absolute atomic E-state index is 12.3. The average Bonchev–Trinajstić information content (AvgIpc) is 2.64. The number of morpholine rings is 1. The van der Waals surface area contributed by atoms with Gasteiger partial charge < -0.3 is 14.4 Å². The van der Waals surface area contributed by atoms with Crippen LogP contribution in [0.3, 0.4) is 0 Å². The predicted octanol–water partition coefficient (Wildman–Crippen LogP) is 0.778. The predicted molar refractivity (Wildman–Crippen MR) is 87.9 cm³/mol. The van der Waals surface area contributed by atoms with Crippen molar-refractivity contribution in [2.24, 2.45) is 0 Å². The van der Waals surface area contributed by atoms with Gasteiger partial charge in [-0.1, -0.05) is 12.1 Å². The van der Waals surface area contributed by atoms with Gasteiger partial charge in [0.1, 0.15) is 12.3 Å². The number of hydrogen-bond donors (Lipinski definition) is 0. The van der Waals surface area contributed by atoms with Gasteiger partial charge in [0, 0.05) is 24.7 Å². The number of rotatable bonds is 4.